The van der Waals surface area contributed by atoms with Gasteiger partial charge in [-0.25, -0.2) is 0 Å². The highest BCUT2D eigenvalue weighted by Crippen LogP contribution is 2.28. The Morgan fingerprint density at radius 1 is 0.458 bits per heavy atom. The van der Waals surface area contributed by atoms with Crippen LogP contribution in [0.15, 0.2) is 106 Å². The standard InChI is InChI=1S/C18H16N6/c1-3-9-15(10-4-1)19-23-21-17-13-7-8-14-18(17)22-24-20-16-11-5-2-6-12-16/h1-14H,(H,19,21)(H,20,22). The van der Waals surface area contributed by atoms with Crippen LogP contribution in [0.4, 0.5) is 22.7 Å². The second kappa shape index (κ2) is 8.19. The number of para-hydroxylation sites is 2. The van der Waals surface area contributed by atoms with E-state index in [0.29, 0.717) is 11.4 Å². The summed E-state index contributed by atoms with van der Waals surface area (Å²) in [4.78, 5) is 0. The summed E-state index contributed by atoms with van der Waals surface area (Å²) in [5, 5.41) is 16.3. The minimum Gasteiger partial charge on any atom is -0.260 e. The monoisotopic (exact) mass is 316 g/mol. The second-order valence-electron chi connectivity index (χ2n) is 4.84. The van der Waals surface area contributed by atoms with Crippen LogP contribution < -0.4 is 10.9 Å². The minimum absolute atomic E-state index is 0.625. The predicted octanol–water partition coefficient (Wildman–Crippen LogP) is 5.91. The summed E-state index contributed by atoms with van der Waals surface area (Å²) < 4.78 is 0. The largest absolute Gasteiger partial charge is 0.260 e. The summed E-state index contributed by atoms with van der Waals surface area (Å²) in [6, 6.07) is 26.6. The maximum absolute atomic E-state index is 4.16. The van der Waals surface area contributed by atoms with E-state index in [9.17, 15) is 0 Å². The third-order valence-corrected chi connectivity index (χ3v) is 3.10. The Bertz CT molecular complexity index is 745. The van der Waals surface area contributed by atoms with Crippen molar-refractivity contribution in [3.05, 3.63) is 84.9 Å². The first-order valence-corrected chi connectivity index (χ1v) is 7.44. The van der Waals surface area contributed by atoms with Crippen molar-refractivity contribution >= 4 is 22.7 Å². The van der Waals surface area contributed by atoms with Gasteiger partial charge >= 0.3 is 0 Å². The number of hydrogen-bond acceptors (Lipinski definition) is 4. The van der Waals surface area contributed by atoms with Gasteiger partial charge in [-0.3, -0.25) is 10.9 Å². The highest BCUT2D eigenvalue weighted by molar-refractivity contribution is 5.60. The first-order chi connectivity index (χ1) is 11.9. The molecule has 2 N–H and O–H groups in total. The fraction of sp³-hybridized carbons (Fsp3) is 0. The van der Waals surface area contributed by atoms with E-state index in [1.54, 1.807) is 0 Å². The maximum atomic E-state index is 4.16. The van der Waals surface area contributed by atoms with Crippen LogP contribution in [0.25, 0.3) is 0 Å². The summed E-state index contributed by atoms with van der Waals surface area (Å²) in [5.74, 6) is 0. The fourth-order valence-electron chi connectivity index (χ4n) is 1.93. The molecule has 0 amide bonds. The number of hydrogen-bond donors (Lipinski definition) is 2. The first kappa shape index (κ1) is 15.4. The molecule has 0 saturated heterocycles. The molecule has 0 bridgehead atoms. The molecular weight excluding hydrogens is 300 g/mol. The van der Waals surface area contributed by atoms with Crippen molar-refractivity contribution in [3.63, 3.8) is 0 Å². The Balaban J connectivity index is 1.66. The molecular formula is C18H16N6. The molecule has 0 saturated carbocycles. The van der Waals surface area contributed by atoms with E-state index >= 15 is 0 Å². The van der Waals surface area contributed by atoms with Gasteiger partial charge in [0, 0.05) is 0 Å². The van der Waals surface area contributed by atoms with Crippen molar-refractivity contribution in [1.29, 1.82) is 0 Å². The third kappa shape index (κ3) is 4.48. The molecule has 3 aromatic carbocycles. The lowest BCUT2D eigenvalue weighted by molar-refractivity contribution is 1.10. The minimum atomic E-state index is 0.625. The zero-order valence-electron chi connectivity index (χ0n) is 12.9. The van der Waals surface area contributed by atoms with Crippen LogP contribution in [0.3, 0.4) is 0 Å². The molecule has 0 aliphatic carbocycles. The highest BCUT2D eigenvalue weighted by atomic mass is 15.4. The van der Waals surface area contributed by atoms with Crippen molar-refractivity contribution in [2.24, 2.45) is 20.7 Å². The van der Waals surface area contributed by atoms with Crippen molar-refractivity contribution in [2.75, 3.05) is 10.9 Å². The van der Waals surface area contributed by atoms with E-state index in [1.165, 1.54) is 0 Å². The van der Waals surface area contributed by atoms with Gasteiger partial charge in [0.05, 0.1) is 11.4 Å². The number of nitrogens with one attached hydrogen (secondary N) is 2. The smallest absolute Gasteiger partial charge is 0.115 e. The summed E-state index contributed by atoms with van der Waals surface area (Å²) >= 11 is 0. The molecule has 0 unspecified atom stereocenters. The average molecular weight is 316 g/mol. The van der Waals surface area contributed by atoms with Crippen LogP contribution in [0, 0.1) is 0 Å². The molecule has 6 heteroatoms. The molecule has 6 nitrogen and oxygen atoms in total. The molecule has 0 spiro atoms. The molecule has 0 heterocycles. The topological polar surface area (TPSA) is 73.5 Å². The van der Waals surface area contributed by atoms with Gasteiger partial charge in [0.15, 0.2) is 0 Å². The number of benzene rings is 3. The molecule has 0 atom stereocenters. The van der Waals surface area contributed by atoms with Crippen LogP contribution in [0.2, 0.25) is 0 Å². The molecule has 24 heavy (non-hydrogen) atoms. The van der Waals surface area contributed by atoms with Gasteiger partial charge in [0.2, 0.25) is 0 Å². The summed E-state index contributed by atoms with van der Waals surface area (Å²) in [6.45, 7) is 0. The van der Waals surface area contributed by atoms with E-state index < -0.39 is 0 Å². The Labute approximate surface area is 139 Å². The molecule has 3 aromatic rings. The van der Waals surface area contributed by atoms with Crippen LogP contribution >= 0.6 is 0 Å². The summed E-state index contributed by atoms with van der Waals surface area (Å²) in [6.07, 6.45) is 0. The Morgan fingerprint density at radius 3 is 1.25 bits per heavy atom. The normalized spacial score (nSPS) is 11.0. The van der Waals surface area contributed by atoms with Crippen molar-refractivity contribution in [3.8, 4) is 0 Å². The summed E-state index contributed by atoms with van der Waals surface area (Å²) in [7, 11) is 0. The SMILES string of the molecule is c1ccc(NN=Nc2ccccc2N=NNc2ccccc2)cc1. The Kier molecular flexibility index (Phi) is 5.24. The van der Waals surface area contributed by atoms with Crippen LogP contribution in [-0.2, 0) is 0 Å². The van der Waals surface area contributed by atoms with Gasteiger partial charge in [-0.15, -0.1) is 10.2 Å². The highest BCUT2D eigenvalue weighted by Gasteiger charge is 1.99. The predicted molar refractivity (Wildman–Crippen MR) is 95.6 cm³/mol. The zero-order valence-corrected chi connectivity index (χ0v) is 12.9. The molecule has 3 rings (SSSR count). The molecule has 0 fully saturated rings. The van der Waals surface area contributed by atoms with E-state index in [0.717, 1.165) is 11.4 Å². The van der Waals surface area contributed by atoms with E-state index in [1.807, 2.05) is 84.9 Å². The molecule has 0 aromatic heterocycles. The fourth-order valence-corrected chi connectivity index (χ4v) is 1.93. The van der Waals surface area contributed by atoms with E-state index in [-0.39, 0.29) is 0 Å². The Hall–Kier alpha value is -3.54. The van der Waals surface area contributed by atoms with Gasteiger partial charge in [-0.1, -0.05) is 59.0 Å². The van der Waals surface area contributed by atoms with Gasteiger partial charge in [-0.2, -0.15) is 0 Å². The van der Waals surface area contributed by atoms with E-state index in [4.69, 9.17) is 0 Å². The third-order valence-electron chi connectivity index (χ3n) is 3.10. The van der Waals surface area contributed by atoms with Gasteiger partial charge in [0.25, 0.3) is 0 Å². The van der Waals surface area contributed by atoms with Gasteiger partial charge < -0.3 is 0 Å². The lowest BCUT2D eigenvalue weighted by Crippen LogP contribution is -1.85. The number of nitrogens with zero attached hydrogens (tertiary/aromatic N) is 4. The quantitative estimate of drug-likeness (QED) is 0.438. The number of rotatable bonds is 6. The maximum Gasteiger partial charge on any atom is 0.115 e. The lowest BCUT2D eigenvalue weighted by Gasteiger charge is -2.00. The van der Waals surface area contributed by atoms with Crippen LogP contribution in [0.1, 0.15) is 0 Å². The van der Waals surface area contributed by atoms with Crippen molar-refractivity contribution in [2.45, 2.75) is 0 Å². The molecule has 118 valence electrons. The molecule has 0 aliphatic heterocycles. The first-order valence-electron chi connectivity index (χ1n) is 7.44. The zero-order chi connectivity index (χ0) is 16.5. The second-order valence-corrected chi connectivity index (χ2v) is 4.84. The van der Waals surface area contributed by atoms with Gasteiger partial charge in [-0.05, 0) is 36.4 Å². The molecule has 0 radical (unpaired) electrons. The lowest BCUT2D eigenvalue weighted by atomic mass is 10.3. The average Bonchev–Trinajstić information content (AvgIpc) is 2.65. The number of anilines is 2. The molecule has 0 aliphatic rings. The summed E-state index contributed by atoms with van der Waals surface area (Å²) in [5.41, 5.74) is 8.73. The van der Waals surface area contributed by atoms with Gasteiger partial charge in [0.1, 0.15) is 11.4 Å². The van der Waals surface area contributed by atoms with Crippen molar-refractivity contribution < 1.29 is 0 Å². The Morgan fingerprint density at radius 2 is 0.833 bits per heavy atom. The van der Waals surface area contributed by atoms with Crippen LogP contribution in [0.5, 0.6) is 0 Å². The van der Waals surface area contributed by atoms with E-state index in [2.05, 4.69) is 31.5 Å². The van der Waals surface area contributed by atoms with Crippen LogP contribution in [-0.4, -0.2) is 0 Å². The van der Waals surface area contributed by atoms with Crippen molar-refractivity contribution in [1.82, 2.24) is 0 Å².